The van der Waals surface area contributed by atoms with Gasteiger partial charge in [-0.15, -0.1) is 0 Å². The van der Waals surface area contributed by atoms with E-state index in [1.165, 1.54) is 11.1 Å². The molecule has 0 amide bonds. The van der Waals surface area contributed by atoms with Gasteiger partial charge < -0.3 is 9.64 Å². The van der Waals surface area contributed by atoms with Gasteiger partial charge in [-0.25, -0.2) is 4.98 Å². The van der Waals surface area contributed by atoms with E-state index >= 15 is 0 Å². The van der Waals surface area contributed by atoms with E-state index in [1.54, 1.807) is 11.3 Å². The molecule has 0 N–H and O–H groups in total. The number of ether oxygens (including phenoxy) is 1. The number of morpholine rings is 1. The Labute approximate surface area is 133 Å². The van der Waals surface area contributed by atoms with Gasteiger partial charge in [0.2, 0.25) is 0 Å². The van der Waals surface area contributed by atoms with E-state index in [4.69, 9.17) is 21.3 Å². The zero-order chi connectivity index (χ0) is 14.2. The lowest BCUT2D eigenvalue weighted by atomic mass is 10.2. The molecule has 112 valence electrons. The Morgan fingerprint density at radius 1 is 1.24 bits per heavy atom. The first-order valence-corrected chi connectivity index (χ1v) is 8.62. The number of anilines is 1. The summed E-state index contributed by atoms with van der Waals surface area (Å²) in [4.78, 5) is 9.71. The van der Waals surface area contributed by atoms with Crippen molar-refractivity contribution in [1.29, 1.82) is 0 Å². The Hall–Kier alpha value is -0.880. The van der Waals surface area contributed by atoms with Crippen LogP contribution in [0.5, 0.6) is 0 Å². The number of hydrogen-bond donors (Lipinski definition) is 0. The van der Waals surface area contributed by atoms with E-state index in [2.05, 4.69) is 15.9 Å². The average Bonchev–Trinajstić information content (AvgIpc) is 3.15. The van der Waals surface area contributed by atoms with E-state index in [1.807, 2.05) is 12.1 Å². The number of thiazole rings is 1. The van der Waals surface area contributed by atoms with Gasteiger partial charge in [0.05, 0.1) is 22.9 Å². The molecule has 2 saturated heterocycles. The summed E-state index contributed by atoms with van der Waals surface area (Å²) in [5.41, 5.74) is 0.939. The van der Waals surface area contributed by atoms with Crippen LogP contribution in [0.3, 0.4) is 0 Å². The molecule has 2 aromatic rings. The molecular weight excluding hydrogens is 306 g/mol. The van der Waals surface area contributed by atoms with E-state index in [0.29, 0.717) is 6.04 Å². The van der Waals surface area contributed by atoms with Crippen LogP contribution in [0, 0.1) is 0 Å². The molecule has 1 unspecified atom stereocenters. The molecule has 4 rings (SSSR count). The maximum Gasteiger partial charge on any atom is 0.186 e. The van der Waals surface area contributed by atoms with E-state index in [-0.39, 0.29) is 0 Å². The lowest BCUT2D eigenvalue weighted by Gasteiger charge is -2.32. The highest BCUT2D eigenvalue weighted by molar-refractivity contribution is 7.22. The molecule has 1 aromatic heterocycles. The van der Waals surface area contributed by atoms with Crippen LogP contribution in [0.2, 0.25) is 5.02 Å². The highest BCUT2D eigenvalue weighted by Gasteiger charge is 2.30. The van der Waals surface area contributed by atoms with Crippen molar-refractivity contribution in [2.75, 3.05) is 44.3 Å². The van der Waals surface area contributed by atoms with E-state index in [0.717, 1.165) is 55.1 Å². The number of benzene rings is 1. The second kappa shape index (κ2) is 5.72. The highest BCUT2D eigenvalue weighted by atomic mass is 35.5. The molecule has 2 aliphatic heterocycles. The van der Waals surface area contributed by atoms with Gasteiger partial charge >= 0.3 is 0 Å². The molecule has 6 heteroatoms. The van der Waals surface area contributed by atoms with Gasteiger partial charge in [-0.3, -0.25) is 4.90 Å². The van der Waals surface area contributed by atoms with Gasteiger partial charge in [-0.2, -0.15) is 0 Å². The second-order valence-corrected chi connectivity index (χ2v) is 7.04. The van der Waals surface area contributed by atoms with Crippen molar-refractivity contribution in [1.82, 2.24) is 9.88 Å². The number of halogens is 1. The number of hydrogen-bond acceptors (Lipinski definition) is 5. The fraction of sp³-hybridized carbons (Fsp3) is 0.533. The first kappa shape index (κ1) is 13.8. The monoisotopic (exact) mass is 323 g/mol. The summed E-state index contributed by atoms with van der Waals surface area (Å²) in [6.45, 7) is 6.01. The van der Waals surface area contributed by atoms with Crippen LogP contribution in [0.15, 0.2) is 18.2 Å². The quantitative estimate of drug-likeness (QED) is 0.849. The molecule has 4 nitrogen and oxygen atoms in total. The summed E-state index contributed by atoms with van der Waals surface area (Å²) in [6, 6.07) is 6.63. The Morgan fingerprint density at radius 2 is 2.10 bits per heavy atom. The Morgan fingerprint density at radius 3 is 2.90 bits per heavy atom. The maximum atomic E-state index is 6.23. The number of rotatable bonds is 2. The molecule has 2 fully saturated rings. The fourth-order valence-corrected chi connectivity index (χ4v) is 4.49. The smallest absolute Gasteiger partial charge is 0.186 e. The van der Waals surface area contributed by atoms with Crippen molar-refractivity contribution in [3.05, 3.63) is 23.2 Å². The van der Waals surface area contributed by atoms with E-state index < -0.39 is 0 Å². The van der Waals surface area contributed by atoms with Crippen LogP contribution in [0.25, 0.3) is 10.2 Å². The third-order valence-electron chi connectivity index (χ3n) is 4.35. The molecule has 1 aromatic carbocycles. The Balaban J connectivity index is 1.52. The zero-order valence-electron chi connectivity index (χ0n) is 11.8. The minimum Gasteiger partial charge on any atom is -0.379 e. The molecule has 21 heavy (non-hydrogen) atoms. The minimum absolute atomic E-state index is 0.636. The minimum atomic E-state index is 0.636. The third-order valence-corrected chi connectivity index (χ3v) is 5.74. The number of aromatic nitrogens is 1. The molecule has 0 saturated carbocycles. The van der Waals surface area contributed by atoms with Gasteiger partial charge in [-0.1, -0.05) is 29.0 Å². The number of nitrogens with zero attached hydrogens (tertiary/aromatic N) is 3. The second-order valence-electron chi connectivity index (χ2n) is 5.62. The molecule has 1 atom stereocenters. The van der Waals surface area contributed by atoms with Crippen LogP contribution in [0.4, 0.5) is 5.13 Å². The van der Waals surface area contributed by atoms with Crippen molar-refractivity contribution >= 4 is 38.3 Å². The topological polar surface area (TPSA) is 28.6 Å². The molecular formula is C15H18ClN3OS. The lowest BCUT2D eigenvalue weighted by Crippen LogP contribution is -2.44. The SMILES string of the molecule is Clc1cccc2sc(N3CCC(N4CCOCC4)C3)nc12. The van der Waals surface area contributed by atoms with Crippen LogP contribution in [-0.4, -0.2) is 55.3 Å². The predicted molar refractivity (Wildman–Crippen MR) is 87.6 cm³/mol. The largest absolute Gasteiger partial charge is 0.379 e. The van der Waals surface area contributed by atoms with Crippen molar-refractivity contribution in [3.8, 4) is 0 Å². The number of fused-ring (bicyclic) bond motifs is 1. The summed E-state index contributed by atoms with van der Waals surface area (Å²) in [5, 5.41) is 1.85. The predicted octanol–water partition coefficient (Wildman–Crippen LogP) is 2.86. The molecule has 0 bridgehead atoms. The summed E-state index contributed by atoms with van der Waals surface area (Å²) < 4.78 is 6.62. The third kappa shape index (κ3) is 2.63. The van der Waals surface area contributed by atoms with Gasteiger partial charge in [-0.05, 0) is 18.6 Å². The fourth-order valence-electron chi connectivity index (χ4n) is 3.19. The first-order valence-electron chi connectivity index (χ1n) is 7.43. The van der Waals surface area contributed by atoms with Gasteiger partial charge in [0, 0.05) is 32.2 Å². The van der Waals surface area contributed by atoms with Crippen LogP contribution in [0.1, 0.15) is 6.42 Å². The molecule has 2 aliphatic rings. The van der Waals surface area contributed by atoms with Gasteiger partial charge in [0.25, 0.3) is 0 Å². The molecule has 3 heterocycles. The van der Waals surface area contributed by atoms with Crippen molar-refractivity contribution in [3.63, 3.8) is 0 Å². The average molecular weight is 324 g/mol. The zero-order valence-corrected chi connectivity index (χ0v) is 13.4. The first-order chi connectivity index (χ1) is 10.3. The number of para-hydroxylation sites is 1. The molecule has 0 spiro atoms. The van der Waals surface area contributed by atoms with Crippen molar-refractivity contribution < 1.29 is 4.74 Å². The Kier molecular flexibility index (Phi) is 3.75. The summed E-state index contributed by atoms with van der Waals surface area (Å²) >= 11 is 7.98. The lowest BCUT2D eigenvalue weighted by molar-refractivity contribution is 0.0209. The summed E-state index contributed by atoms with van der Waals surface area (Å²) in [6.07, 6.45) is 1.21. The molecule has 0 radical (unpaired) electrons. The van der Waals surface area contributed by atoms with Gasteiger partial charge in [0.1, 0.15) is 5.52 Å². The highest BCUT2D eigenvalue weighted by Crippen LogP contribution is 2.34. The summed E-state index contributed by atoms with van der Waals surface area (Å²) in [7, 11) is 0. The summed E-state index contributed by atoms with van der Waals surface area (Å²) in [5.74, 6) is 0. The van der Waals surface area contributed by atoms with Crippen LogP contribution >= 0.6 is 22.9 Å². The van der Waals surface area contributed by atoms with Gasteiger partial charge in [0.15, 0.2) is 5.13 Å². The van der Waals surface area contributed by atoms with Crippen LogP contribution in [-0.2, 0) is 4.74 Å². The maximum absolute atomic E-state index is 6.23. The van der Waals surface area contributed by atoms with Crippen molar-refractivity contribution in [2.24, 2.45) is 0 Å². The van der Waals surface area contributed by atoms with Crippen molar-refractivity contribution in [2.45, 2.75) is 12.5 Å². The normalized spacial score (nSPS) is 24.0. The van der Waals surface area contributed by atoms with Crippen LogP contribution < -0.4 is 4.90 Å². The van der Waals surface area contributed by atoms with E-state index in [9.17, 15) is 0 Å². The molecule has 0 aliphatic carbocycles. The standard InChI is InChI=1S/C15H18ClN3OS/c16-12-2-1-3-13-14(12)17-15(21-13)19-5-4-11(10-19)18-6-8-20-9-7-18/h1-3,11H,4-10H2. The Bertz CT molecular complexity index is 641.